The summed E-state index contributed by atoms with van der Waals surface area (Å²) in [6.07, 6.45) is 0. The van der Waals surface area contributed by atoms with E-state index in [1.54, 1.807) is 6.92 Å². The van der Waals surface area contributed by atoms with Crippen LogP contribution in [0.3, 0.4) is 0 Å². The first-order valence-electron chi connectivity index (χ1n) is 5.42. The smallest absolute Gasteiger partial charge is 0.356 e. The number of carboxylic acid groups (broad SMARTS) is 1. The minimum absolute atomic E-state index is 0.301. The zero-order valence-electron chi connectivity index (χ0n) is 10.5. The molecule has 2 heterocycles. The summed E-state index contributed by atoms with van der Waals surface area (Å²) in [6.45, 7) is 3.46. The fourth-order valence-electron chi connectivity index (χ4n) is 1.48. The lowest BCUT2D eigenvalue weighted by atomic mass is 10.4. The lowest BCUT2D eigenvalue weighted by Gasteiger charge is -2.10. The van der Waals surface area contributed by atoms with Crippen molar-refractivity contribution in [3.63, 3.8) is 0 Å². The number of carboxylic acids is 1. The number of rotatable bonds is 5. The van der Waals surface area contributed by atoms with E-state index in [0.29, 0.717) is 5.01 Å². The molecule has 0 saturated heterocycles. The Bertz CT molecular complexity index is 735. The van der Waals surface area contributed by atoms with E-state index in [0.717, 1.165) is 17.0 Å². The van der Waals surface area contributed by atoms with Crippen LogP contribution in [0, 0.1) is 6.92 Å². The van der Waals surface area contributed by atoms with E-state index in [1.165, 1.54) is 16.8 Å². The molecule has 0 aliphatic carbocycles. The monoisotopic (exact) mass is 333 g/mol. The number of hydrogen-bond donors (Lipinski definition) is 2. The Morgan fingerprint density at radius 1 is 1.45 bits per heavy atom. The van der Waals surface area contributed by atoms with E-state index in [9.17, 15) is 13.2 Å². The average Bonchev–Trinajstić information content (AvgIpc) is 2.96. The Morgan fingerprint density at radius 2 is 2.15 bits per heavy atom. The minimum Gasteiger partial charge on any atom is -0.476 e. The maximum absolute atomic E-state index is 12.2. The standard InChI is InChI=1S/C10H11N3O4S3/c1-5-3-18-8(12-5)6(2)13-20(16,17)10-7(9(14)15)11-4-19-10/h3-4,6,13H,1-2H3,(H,14,15). The highest BCUT2D eigenvalue weighted by molar-refractivity contribution is 7.91. The molecule has 0 fully saturated rings. The number of aromatic carboxylic acids is 1. The van der Waals surface area contributed by atoms with Gasteiger partial charge >= 0.3 is 5.97 Å². The summed E-state index contributed by atoms with van der Waals surface area (Å²) in [5.74, 6) is -1.37. The maximum Gasteiger partial charge on any atom is 0.356 e. The summed E-state index contributed by atoms with van der Waals surface area (Å²) in [7, 11) is -3.94. The van der Waals surface area contributed by atoms with Crippen LogP contribution in [0.2, 0.25) is 0 Å². The Kier molecular flexibility index (Phi) is 4.18. The van der Waals surface area contributed by atoms with Crippen molar-refractivity contribution in [2.45, 2.75) is 24.1 Å². The van der Waals surface area contributed by atoms with Crippen molar-refractivity contribution in [1.82, 2.24) is 14.7 Å². The first-order valence-corrected chi connectivity index (χ1v) is 8.66. The molecule has 7 nitrogen and oxygen atoms in total. The van der Waals surface area contributed by atoms with Gasteiger partial charge in [-0.25, -0.2) is 27.9 Å². The van der Waals surface area contributed by atoms with E-state index < -0.39 is 27.7 Å². The number of sulfonamides is 1. The number of aromatic nitrogens is 2. The van der Waals surface area contributed by atoms with Crippen molar-refractivity contribution >= 4 is 38.7 Å². The van der Waals surface area contributed by atoms with Crippen molar-refractivity contribution in [1.29, 1.82) is 0 Å². The van der Waals surface area contributed by atoms with Gasteiger partial charge in [0.25, 0.3) is 10.0 Å². The van der Waals surface area contributed by atoms with E-state index in [1.807, 2.05) is 12.3 Å². The van der Waals surface area contributed by atoms with Crippen LogP contribution in [0.25, 0.3) is 0 Å². The van der Waals surface area contributed by atoms with Gasteiger partial charge in [-0.05, 0) is 13.8 Å². The molecule has 2 aromatic heterocycles. The Labute approximate surface area is 123 Å². The van der Waals surface area contributed by atoms with Gasteiger partial charge in [0, 0.05) is 11.1 Å². The van der Waals surface area contributed by atoms with Gasteiger partial charge in [0.1, 0.15) is 5.01 Å². The number of nitrogens with zero attached hydrogens (tertiary/aromatic N) is 2. The second-order valence-corrected chi connectivity index (χ2v) is 7.62. The zero-order valence-corrected chi connectivity index (χ0v) is 13.0. The minimum atomic E-state index is -3.94. The lowest BCUT2D eigenvalue weighted by molar-refractivity contribution is 0.0687. The third-order valence-corrected chi connectivity index (χ3v) is 6.38. The van der Waals surface area contributed by atoms with Gasteiger partial charge in [0.05, 0.1) is 11.6 Å². The van der Waals surface area contributed by atoms with E-state index in [2.05, 4.69) is 14.7 Å². The quantitative estimate of drug-likeness (QED) is 0.861. The SMILES string of the molecule is Cc1csc(C(C)NS(=O)(=O)c2scnc2C(=O)O)n1. The number of hydrogen-bond acceptors (Lipinski definition) is 7. The van der Waals surface area contributed by atoms with Crippen molar-refractivity contribution < 1.29 is 18.3 Å². The molecule has 108 valence electrons. The molecule has 0 saturated carbocycles. The number of carbonyl (C=O) groups is 1. The highest BCUT2D eigenvalue weighted by Gasteiger charge is 2.28. The molecule has 20 heavy (non-hydrogen) atoms. The fraction of sp³-hybridized carbons (Fsp3) is 0.300. The second kappa shape index (κ2) is 5.56. The summed E-state index contributed by atoms with van der Waals surface area (Å²) in [5.41, 5.74) is 1.53. The van der Waals surface area contributed by atoms with Crippen LogP contribution >= 0.6 is 22.7 Å². The maximum atomic E-state index is 12.2. The summed E-state index contributed by atoms with van der Waals surface area (Å²) in [6, 6.07) is -0.539. The van der Waals surface area contributed by atoms with Gasteiger partial charge in [0.2, 0.25) is 0 Å². The third-order valence-electron chi connectivity index (χ3n) is 2.32. The van der Waals surface area contributed by atoms with Crippen LogP contribution < -0.4 is 4.72 Å². The van der Waals surface area contributed by atoms with Crippen LogP contribution in [0.4, 0.5) is 0 Å². The molecule has 2 aromatic rings. The topological polar surface area (TPSA) is 109 Å². The van der Waals surface area contributed by atoms with Crippen molar-refractivity contribution in [2.75, 3.05) is 0 Å². The zero-order chi connectivity index (χ0) is 14.9. The number of thiazole rings is 2. The Hall–Kier alpha value is -1.36. The summed E-state index contributed by atoms with van der Waals surface area (Å²) in [5, 5.41) is 11.3. The van der Waals surface area contributed by atoms with Gasteiger partial charge in [-0.1, -0.05) is 0 Å². The highest BCUT2D eigenvalue weighted by atomic mass is 32.2. The fourth-order valence-corrected chi connectivity index (χ4v) is 4.72. The number of aryl methyl sites for hydroxylation is 1. The molecule has 0 aromatic carbocycles. The molecular weight excluding hydrogens is 322 g/mol. The van der Waals surface area contributed by atoms with Crippen molar-refractivity contribution in [3.05, 3.63) is 27.3 Å². The van der Waals surface area contributed by atoms with E-state index in [4.69, 9.17) is 5.11 Å². The Morgan fingerprint density at radius 3 is 2.70 bits per heavy atom. The summed E-state index contributed by atoms with van der Waals surface area (Å²) in [4.78, 5) is 18.7. The molecule has 1 unspecified atom stereocenters. The van der Waals surface area contributed by atoms with Crippen molar-refractivity contribution in [3.8, 4) is 0 Å². The van der Waals surface area contributed by atoms with Gasteiger partial charge < -0.3 is 5.11 Å². The first-order chi connectivity index (χ1) is 9.31. The van der Waals surface area contributed by atoms with Crippen LogP contribution in [0.1, 0.15) is 34.2 Å². The predicted octanol–water partition coefficient (Wildman–Crippen LogP) is 1.65. The molecule has 10 heteroatoms. The molecule has 0 amide bonds. The van der Waals surface area contributed by atoms with Crippen LogP contribution in [-0.4, -0.2) is 29.5 Å². The van der Waals surface area contributed by atoms with Gasteiger partial charge in [-0.15, -0.1) is 22.7 Å². The predicted molar refractivity (Wildman–Crippen MR) is 74.7 cm³/mol. The largest absolute Gasteiger partial charge is 0.476 e. The van der Waals surface area contributed by atoms with Crippen LogP contribution in [-0.2, 0) is 10.0 Å². The summed E-state index contributed by atoms with van der Waals surface area (Å²) >= 11 is 2.11. The molecule has 0 bridgehead atoms. The molecule has 2 rings (SSSR count). The number of nitrogens with one attached hydrogen (secondary N) is 1. The van der Waals surface area contributed by atoms with E-state index in [-0.39, 0.29) is 4.21 Å². The average molecular weight is 333 g/mol. The van der Waals surface area contributed by atoms with E-state index >= 15 is 0 Å². The van der Waals surface area contributed by atoms with Crippen LogP contribution in [0.5, 0.6) is 0 Å². The first kappa shape index (κ1) is 15.0. The van der Waals surface area contributed by atoms with Crippen LogP contribution in [0.15, 0.2) is 15.1 Å². The molecule has 0 radical (unpaired) electrons. The molecular formula is C10H11N3O4S3. The molecule has 0 aliphatic rings. The van der Waals surface area contributed by atoms with Crippen molar-refractivity contribution in [2.24, 2.45) is 0 Å². The Balaban J connectivity index is 2.27. The molecule has 2 N–H and O–H groups in total. The van der Waals surface area contributed by atoms with Gasteiger partial charge in [-0.3, -0.25) is 0 Å². The molecule has 0 aliphatic heterocycles. The second-order valence-electron chi connectivity index (χ2n) is 3.96. The van der Waals surface area contributed by atoms with Gasteiger partial charge in [-0.2, -0.15) is 0 Å². The lowest BCUT2D eigenvalue weighted by Crippen LogP contribution is -2.27. The molecule has 0 spiro atoms. The van der Waals surface area contributed by atoms with Gasteiger partial charge in [0.15, 0.2) is 9.90 Å². The third kappa shape index (κ3) is 3.03. The normalized spacial score (nSPS) is 13.3. The summed E-state index contributed by atoms with van der Waals surface area (Å²) < 4.78 is 26.5. The highest BCUT2D eigenvalue weighted by Crippen LogP contribution is 2.24. The molecule has 1 atom stereocenters.